The van der Waals surface area contributed by atoms with Gasteiger partial charge in [0.2, 0.25) is 0 Å². The number of nitro groups is 1. The Labute approximate surface area is 85.5 Å². The summed E-state index contributed by atoms with van der Waals surface area (Å²) in [6, 6.07) is 4.39. The minimum atomic E-state index is -0.539. The third-order valence-electron chi connectivity index (χ3n) is 1.47. The Bertz CT molecular complexity index is 379. The fourth-order valence-corrected chi connectivity index (χ4v) is 1.05. The number of halogens is 1. The Balaban J connectivity index is 3.00. The summed E-state index contributed by atoms with van der Waals surface area (Å²) >= 11 is 5.62. The predicted molar refractivity (Wildman–Crippen MR) is 55.9 cm³/mol. The van der Waals surface area contributed by atoms with Gasteiger partial charge >= 0.3 is 0 Å². The van der Waals surface area contributed by atoms with Crippen LogP contribution in [0.2, 0.25) is 5.02 Å². The molecule has 0 fully saturated rings. The van der Waals surface area contributed by atoms with Crippen LogP contribution in [-0.4, -0.2) is 11.1 Å². The highest BCUT2D eigenvalue weighted by molar-refractivity contribution is 6.32. The first-order valence-electron chi connectivity index (χ1n) is 3.82. The number of hydrogen-bond donors (Lipinski definition) is 1. The van der Waals surface area contributed by atoms with Crippen molar-refractivity contribution in [2.75, 3.05) is 5.43 Å². The molecular formula is C8H8ClN3O2. The lowest BCUT2D eigenvalue weighted by Gasteiger charge is -2.00. The molecule has 0 saturated carbocycles. The molecule has 1 rings (SSSR count). The van der Waals surface area contributed by atoms with Crippen LogP contribution in [0.15, 0.2) is 23.3 Å². The Morgan fingerprint density at radius 2 is 2.36 bits per heavy atom. The average Bonchev–Trinajstić information content (AvgIpc) is 2.16. The molecule has 0 aliphatic heterocycles. The Hall–Kier alpha value is -1.62. The van der Waals surface area contributed by atoms with Crippen LogP contribution in [0.25, 0.3) is 0 Å². The summed E-state index contributed by atoms with van der Waals surface area (Å²) < 4.78 is 0. The van der Waals surface area contributed by atoms with Crippen LogP contribution in [0.5, 0.6) is 0 Å². The molecule has 0 aromatic heterocycles. The first-order chi connectivity index (χ1) is 6.65. The highest BCUT2D eigenvalue weighted by atomic mass is 35.5. The zero-order valence-electron chi connectivity index (χ0n) is 7.40. The fraction of sp³-hybridized carbons (Fsp3) is 0.125. The van der Waals surface area contributed by atoms with Gasteiger partial charge in [0.1, 0.15) is 5.02 Å². The molecule has 0 spiro atoms. The monoisotopic (exact) mass is 213 g/mol. The lowest BCUT2D eigenvalue weighted by molar-refractivity contribution is -0.384. The van der Waals surface area contributed by atoms with Crippen LogP contribution in [0, 0.1) is 10.1 Å². The minimum Gasteiger partial charge on any atom is -0.279 e. The van der Waals surface area contributed by atoms with Gasteiger partial charge in [-0.2, -0.15) is 5.10 Å². The fourth-order valence-electron chi connectivity index (χ4n) is 0.861. The first-order valence-corrected chi connectivity index (χ1v) is 4.20. The highest BCUT2D eigenvalue weighted by Gasteiger charge is 2.11. The number of nitrogens with zero attached hydrogens (tertiary/aromatic N) is 2. The maximum Gasteiger partial charge on any atom is 0.290 e. The molecule has 1 aromatic carbocycles. The van der Waals surface area contributed by atoms with Gasteiger partial charge in [0, 0.05) is 12.3 Å². The van der Waals surface area contributed by atoms with Gasteiger partial charge in [-0.25, -0.2) is 0 Å². The van der Waals surface area contributed by atoms with E-state index in [1.807, 2.05) is 0 Å². The molecule has 0 atom stereocenters. The maximum atomic E-state index is 10.5. The number of anilines is 1. The summed E-state index contributed by atoms with van der Waals surface area (Å²) in [6.07, 6.45) is 1.54. The van der Waals surface area contributed by atoms with Crippen molar-refractivity contribution in [1.82, 2.24) is 0 Å². The van der Waals surface area contributed by atoms with Crippen LogP contribution < -0.4 is 5.43 Å². The standard InChI is InChI=1S/C8H8ClN3O2/c1-2-10-11-6-3-4-7(9)8(5-6)12(13)14/h2-5,11H,1H3. The van der Waals surface area contributed by atoms with Crippen molar-refractivity contribution in [3.63, 3.8) is 0 Å². The molecule has 0 saturated heterocycles. The summed E-state index contributed by atoms with van der Waals surface area (Å²) in [5, 5.41) is 14.3. The molecule has 0 amide bonds. The van der Waals surface area contributed by atoms with Crippen LogP contribution >= 0.6 is 11.6 Å². The zero-order chi connectivity index (χ0) is 10.6. The number of rotatable bonds is 3. The van der Waals surface area contributed by atoms with Crippen molar-refractivity contribution >= 4 is 29.2 Å². The molecule has 14 heavy (non-hydrogen) atoms. The van der Waals surface area contributed by atoms with Crippen LogP contribution in [-0.2, 0) is 0 Å². The largest absolute Gasteiger partial charge is 0.290 e. The smallest absolute Gasteiger partial charge is 0.279 e. The van der Waals surface area contributed by atoms with Gasteiger partial charge in [-0.1, -0.05) is 11.6 Å². The van der Waals surface area contributed by atoms with Gasteiger partial charge in [0.15, 0.2) is 0 Å². The highest BCUT2D eigenvalue weighted by Crippen LogP contribution is 2.27. The van der Waals surface area contributed by atoms with Crippen LogP contribution in [0.4, 0.5) is 11.4 Å². The van der Waals surface area contributed by atoms with E-state index in [0.717, 1.165) is 0 Å². The Kier molecular flexibility index (Phi) is 3.41. The van der Waals surface area contributed by atoms with Gasteiger partial charge in [0.05, 0.1) is 10.6 Å². The summed E-state index contributed by atoms with van der Waals surface area (Å²) in [5.41, 5.74) is 3.01. The second kappa shape index (κ2) is 4.57. The summed E-state index contributed by atoms with van der Waals surface area (Å²) in [7, 11) is 0. The number of hydrazone groups is 1. The molecule has 0 aliphatic rings. The van der Waals surface area contributed by atoms with Gasteiger partial charge in [-0.15, -0.1) is 0 Å². The van der Waals surface area contributed by atoms with Crippen molar-refractivity contribution in [2.24, 2.45) is 5.10 Å². The van der Waals surface area contributed by atoms with Crippen molar-refractivity contribution in [2.45, 2.75) is 6.92 Å². The lowest BCUT2D eigenvalue weighted by atomic mass is 10.3. The Morgan fingerprint density at radius 3 is 2.93 bits per heavy atom. The molecule has 1 N–H and O–H groups in total. The molecule has 0 aliphatic carbocycles. The molecule has 1 aromatic rings. The van der Waals surface area contributed by atoms with E-state index in [1.54, 1.807) is 19.2 Å². The van der Waals surface area contributed by atoms with E-state index in [9.17, 15) is 10.1 Å². The number of nitro benzene ring substituents is 1. The molecule has 0 unspecified atom stereocenters. The lowest BCUT2D eigenvalue weighted by Crippen LogP contribution is -1.92. The molecule has 74 valence electrons. The maximum absolute atomic E-state index is 10.5. The average molecular weight is 214 g/mol. The third-order valence-corrected chi connectivity index (χ3v) is 1.79. The van der Waals surface area contributed by atoms with Gasteiger partial charge in [0.25, 0.3) is 5.69 Å². The van der Waals surface area contributed by atoms with E-state index in [0.29, 0.717) is 5.69 Å². The van der Waals surface area contributed by atoms with Crippen LogP contribution in [0.3, 0.4) is 0 Å². The zero-order valence-corrected chi connectivity index (χ0v) is 8.15. The third kappa shape index (κ3) is 2.43. The summed E-state index contributed by atoms with van der Waals surface area (Å²) in [4.78, 5) is 9.96. The first kappa shape index (κ1) is 10.5. The number of benzene rings is 1. The topological polar surface area (TPSA) is 67.5 Å². The van der Waals surface area contributed by atoms with Crippen molar-refractivity contribution in [3.8, 4) is 0 Å². The van der Waals surface area contributed by atoms with E-state index in [2.05, 4.69) is 10.5 Å². The quantitative estimate of drug-likeness (QED) is 0.477. The second-order valence-corrected chi connectivity index (χ2v) is 2.83. The predicted octanol–water partition coefficient (Wildman–Crippen LogP) is 2.67. The van der Waals surface area contributed by atoms with Crippen molar-refractivity contribution in [1.29, 1.82) is 0 Å². The van der Waals surface area contributed by atoms with E-state index >= 15 is 0 Å². The summed E-state index contributed by atoms with van der Waals surface area (Å²) in [6.45, 7) is 1.73. The van der Waals surface area contributed by atoms with Crippen molar-refractivity contribution < 1.29 is 4.92 Å². The van der Waals surface area contributed by atoms with E-state index in [1.165, 1.54) is 12.1 Å². The number of hydrogen-bond acceptors (Lipinski definition) is 4. The molecule has 6 heteroatoms. The van der Waals surface area contributed by atoms with Gasteiger partial charge in [-0.3, -0.25) is 15.5 Å². The van der Waals surface area contributed by atoms with E-state index in [4.69, 9.17) is 11.6 Å². The summed E-state index contributed by atoms with van der Waals surface area (Å²) in [5.74, 6) is 0. The van der Waals surface area contributed by atoms with Crippen LogP contribution in [0.1, 0.15) is 6.92 Å². The normalized spacial score (nSPS) is 10.4. The van der Waals surface area contributed by atoms with E-state index < -0.39 is 4.92 Å². The molecule has 0 bridgehead atoms. The molecule has 0 radical (unpaired) electrons. The van der Waals surface area contributed by atoms with Gasteiger partial charge < -0.3 is 0 Å². The van der Waals surface area contributed by atoms with E-state index in [-0.39, 0.29) is 10.7 Å². The van der Waals surface area contributed by atoms with Gasteiger partial charge in [-0.05, 0) is 19.1 Å². The molecular weight excluding hydrogens is 206 g/mol. The SMILES string of the molecule is CC=NNc1ccc(Cl)c([N+](=O)[O-])c1. The number of nitrogens with one attached hydrogen (secondary N) is 1. The van der Waals surface area contributed by atoms with Crippen molar-refractivity contribution in [3.05, 3.63) is 33.3 Å². The minimum absolute atomic E-state index is 0.112. The molecule has 5 nitrogen and oxygen atoms in total. The second-order valence-electron chi connectivity index (χ2n) is 2.42. The molecule has 0 heterocycles. The Morgan fingerprint density at radius 1 is 1.64 bits per heavy atom.